The van der Waals surface area contributed by atoms with Crippen LogP contribution in [0.4, 0.5) is 5.69 Å². The van der Waals surface area contributed by atoms with Crippen molar-refractivity contribution >= 4 is 17.0 Å². The first-order valence-corrected chi connectivity index (χ1v) is 7.80. The number of hydrogen-bond acceptors (Lipinski definition) is 3. The van der Waals surface area contributed by atoms with E-state index in [2.05, 4.69) is 28.9 Å². The molecule has 0 aliphatic heterocycles. The van der Waals surface area contributed by atoms with E-state index in [1.54, 1.807) is 4.88 Å². The van der Waals surface area contributed by atoms with Gasteiger partial charge in [0, 0.05) is 16.6 Å². The average Bonchev–Trinajstić information content (AvgIpc) is 2.89. The van der Waals surface area contributed by atoms with Gasteiger partial charge in [0.15, 0.2) is 0 Å². The maximum absolute atomic E-state index is 5.55. The molecule has 0 radical (unpaired) electrons. The molecular weight excluding hydrogens is 254 g/mol. The molecule has 2 nitrogen and oxygen atoms in total. The highest BCUT2D eigenvalue weighted by atomic mass is 32.1. The van der Waals surface area contributed by atoms with Crippen molar-refractivity contribution in [3.8, 4) is 5.75 Å². The summed E-state index contributed by atoms with van der Waals surface area (Å²) in [4.78, 5) is 1.55. The van der Waals surface area contributed by atoms with Gasteiger partial charge in [-0.1, -0.05) is 6.07 Å². The van der Waals surface area contributed by atoms with Gasteiger partial charge >= 0.3 is 0 Å². The molecule has 2 aromatic rings. The van der Waals surface area contributed by atoms with Gasteiger partial charge in [0.1, 0.15) is 5.75 Å². The van der Waals surface area contributed by atoms with Gasteiger partial charge in [0.2, 0.25) is 0 Å². The van der Waals surface area contributed by atoms with Crippen molar-refractivity contribution in [2.45, 2.75) is 32.2 Å². The molecule has 1 unspecified atom stereocenters. The van der Waals surface area contributed by atoms with Crippen LogP contribution in [-0.2, 0) is 6.42 Å². The number of fused-ring (bicyclic) bond motifs is 1. The normalized spacial score (nSPS) is 17.8. The summed E-state index contributed by atoms with van der Waals surface area (Å²) in [6.07, 6.45) is 3.73. The second-order valence-electron chi connectivity index (χ2n) is 4.85. The Labute approximate surface area is 118 Å². The predicted octanol–water partition coefficient (Wildman–Crippen LogP) is 4.64. The fraction of sp³-hybridized carbons (Fsp3) is 0.375. The quantitative estimate of drug-likeness (QED) is 0.876. The lowest BCUT2D eigenvalue weighted by molar-refractivity contribution is 0.340. The van der Waals surface area contributed by atoms with E-state index in [0.717, 1.165) is 11.4 Å². The van der Waals surface area contributed by atoms with Crippen molar-refractivity contribution in [3.05, 3.63) is 46.2 Å². The van der Waals surface area contributed by atoms with Crippen molar-refractivity contribution in [1.82, 2.24) is 0 Å². The third-order valence-corrected chi connectivity index (χ3v) is 4.53. The summed E-state index contributed by atoms with van der Waals surface area (Å²) >= 11 is 1.89. The number of anilines is 1. The number of thiophene rings is 1. The lowest BCUT2D eigenvalue weighted by Crippen LogP contribution is -2.15. The monoisotopic (exact) mass is 273 g/mol. The van der Waals surface area contributed by atoms with Gasteiger partial charge in [-0.05, 0) is 55.3 Å². The van der Waals surface area contributed by atoms with Crippen LogP contribution in [0.3, 0.4) is 0 Å². The van der Waals surface area contributed by atoms with Crippen LogP contribution in [0, 0.1) is 0 Å². The Morgan fingerprint density at radius 2 is 2.32 bits per heavy atom. The highest BCUT2D eigenvalue weighted by molar-refractivity contribution is 7.10. The third kappa shape index (κ3) is 2.76. The van der Waals surface area contributed by atoms with Crippen LogP contribution in [0.5, 0.6) is 5.75 Å². The molecule has 1 aromatic carbocycles. The van der Waals surface area contributed by atoms with E-state index in [-0.39, 0.29) is 0 Å². The van der Waals surface area contributed by atoms with Gasteiger partial charge in [0.25, 0.3) is 0 Å². The molecule has 3 heteroatoms. The maximum Gasteiger partial charge on any atom is 0.121 e. The fourth-order valence-electron chi connectivity index (χ4n) is 2.68. The summed E-state index contributed by atoms with van der Waals surface area (Å²) in [6, 6.07) is 11.0. The Morgan fingerprint density at radius 1 is 1.37 bits per heavy atom. The Morgan fingerprint density at radius 3 is 3.21 bits per heavy atom. The first-order chi connectivity index (χ1) is 9.36. The van der Waals surface area contributed by atoms with E-state index in [0.29, 0.717) is 12.6 Å². The van der Waals surface area contributed by atoms with E-state index >= 15 is 0 Å². The second-order valence-corrected chi connectivity index (χ2v) is 5.85. The molecule has 1 aromatic heterocycles. The highest BCUT2D eigenvalue weighted by Gasteiger charge is 2.20. The molecule has 1 aliphatic rings. The zero-order chi connectivity index (χ0) is 13.1. The van der Waals surface area contributed by atoms with Gasteiger partial charge < -0.3 is 10.1 Å². The zero-order valence-corrected chi connectivity index (χ0v) is 12.0. The number of hydrogen-bond donors (Lipinski definition) is 1. The van der Waals surface area contributed by atoms with Crippen molar-refractivity contribution in [3.63, 3.8) is 0 Å². The number of nitrogens with one attached hydrogen (secondary N) is 1. The van der Waals surface area contributed by atoms with Crippen molar-refractivity contribution < 1.29 is 4.74 Å². The average molecular weight is 273 g/mol. The van der Waals surface area contributed by atoms with Crippen molar-refractivity contribution in [2.75, 3.05) is 11.9 Å². The number of ether oxygens (including phenoxy) is 1. The largest absolute Gasteiger partial charge is 0.494 e. The van der Waals surface area contributed by atoms with Crippen LogP contribution in [0.15, 0.2) is 35.7 Å². The Kier molecular flexibility index (Phi) is 3.74. The van der Waals surface area contributed by atoms with Crippen molar-refractivity contribution in [2.24, 2.45) is 0 Å². The van der Waals surface area contributed by atoms with Crippen LogP contribution in [0.25, 0.3) is 0 Å². The van der Waals surface area contributed by atoms with E-state index in [9.17, 15) is 0 Å². The smallest absolute Gasteiger partial charge is 0.121 e. The summed E-state index contributed by atoms with van der Waals surface area (Å²) in [5.41, 5.74) is 2.63. The molecule has 0 spiro atoms. The first-order valence-electron chi connectivity index (χ1n) is 6.92. The third-order valence-electron chi connectivity index (χ3n) is 3.54. The van der Waals surface area contributed by atoms with Crippen LogP contribution >= 0.6 is 11.3 Å². The molecule has 1 heterocycles. The topological polar surface area (TPSA) is 21.3 Å². The van der Waals surface area contributed by atoms with E-state index in [1.807, 2.05) is 30.4 Å². The first kappa shape index (κ1) is 12.5. The second kappa shape index (κ2) is 5.66. The van der Waals surface area contributed by atoms with Gasteiger partial charge in [-0.15, -0.1) is 11.3 Å². The summed E-state index contributed by atoms with van der Waals surface area (Å²) in [7, 11) is 0. The molecular formula is C16H19NOS. The molecule has 0 fully saturated rings. The minimum Gasteiger partial charge on any atom is -0.494 e. The summed E-state index contributed by atoms with van der Waals surface area (Å²) in [5, 5.41) is 5.86. The number of rotatable bonds is 4. The molecule has 3 rings (SSSR count). The molecule has 0 saturated heterocycles. The van der Waals surface area contributed by atoms with Gasteiger partial charge in [-0.2, -0.15) is 0 Å². The van der Waals surface area contributed by atoms with Gasteiger partial charge in [0.05, 0.1) is 12.6 Å². The summed E-state index contributed by atoms with van der Waals surface area (Å²) in [6.45, 7) is 2.72. The maximum atomic E-state index is 5.55. The predicted molar refractivity (Wildman–Crippen MR) is 81.2 cm³/mol. The molecule has 1 aliphatic carbocycles. The summed E-state index contributed by atoms with van der Waals surface area (Å²) in [5.74, 6) is 0.939. The van der Waals surface area contributed by atoms with Gasteiger partial charge in [-0.25, -0.2) is 0 Å². The number of benzene rings is 1. The Hall–Kier alpha value is -1.48. The molecule has 0 saturated carbocycles. The zero-order valence-electron chi connectivity index (χ0n) is 11.2. The van der Waals surface area contributed by atoms with E-state index < -0.39 is 0 Å². The van der Waals surface area contributed by atoms with E-state index in [1.165, 1.54) is 24.8 Å². The SMILES string of the molecule is CCOc1cccc(NC2CCCc3sccc32)c1. The van der Waals surface area contributed by atoms with Crippen LogP contribution in [-0.4, -0.2) is 6.61 Å². The highest BCUT2D eigenvalue weighted by Crippen LogP contribution is 2.35. The Balaban J connectivity index is 1.77. The molecule has 0 amide bonds. The molecule has 100 valence electrons. The van der Waals surface area contributed by atoms with Gasteiger partial charge in [-0.3, -0.25) is 0 Å². The van der Waals surface area contributed by atoms with Crippen LogP contribution in [0.2, 0.25) is 0 Å². The Bertz CT molecular complexity index is 549. The fourth-order valence-corrected chi connectivity index (χ4v) is 3.67. The van der Waals surface area contributed by atoms with Crippen LogP contribution < -0.4 is 10.1 Å². The van der Waals surface area contributed by atoms with Crippen molar-refractivity contribution in [1.29, 1.82) is 0 Å². The lowest BCUT2D eigenvalue weighted by atomic mass is 9.94. The molecule has 0 bridgehead atoms. The number of aryl methyl sites for hydroxylation is 1. The van der Waals surface area contributed by atoms with Crippen LogP contribution in [0.1, 0.15) is 36.2 Å². The van der Waals surface area contributed by atoms with E-state index in [4.69, 9.17) is 4.74 Å². The summed E-state index contributed by atoms with van der Waals surface area (Å²) < 4.78 is 5.55. The molecule has 1 N–H and O–H groups in total. The molecule has 1 atom stereocenters. The minimum atomic E-state index is 0.451. The lowest BCUT2D eigenvalue weighted by Gasteiger charge is -2.25. The minimum absolute atomic E-state index is 0.451. The molecule has 19 heavy (non-hydrogen) atoms. The standard InChI is InChI=1S/C16H19NOS/c1-2-18-13-6-3-5-12(11-13)17-15-7-4-8-16-14(15)9-10-19-16/h3,5-6,9-11,15,17H,2,4,7-8H2,1H3.